The summed E-state index contributed by atoms with van der Waals surface area (Å²) in [6.07, 6.45) is 1.87. The summed E-state index contributed by atoms with van der Waals surface area (Å²) in [7, 11) is 4.10. The zero-order valence-corrected chi connectivity index (χ0v) is 7.96. The van der Waals surface area contributed by atoms with Crippen molar-refractivity contribution in [3.05, 3.63) is 35.9 Å². The largest absolute Gasteiger partial charge is 0.377 e. The minimum atomic E-state index is 1.18. The van der Waals surface area contributed by atoms with Crippen LogP contribution in [-0.2, 0) is 0 Å². The molecule has 0 heterocycles. The van der Waals surface area contributed by atoms with Gasteiger partial charge in [0.2, 0.25) is 0 Å². The van der Waals surface area contributed by atoms with Crippen molar-refractivity contribution in [2.45, 2.75) is 6.92 Å². The van der Waals surface area contributed by atoms with Gasteiger partial charge >= 0.3 is 0 Å². The van der Waals surface area contributed by atoms with Gasteiger partial charge in [0.25, 0.3) is 0 Å². The fraction of sp³-hybridized carbons (Fsp3) is 0.273. The van der Waals surface area contributed by atoms with E-state index in [4.69, 9.17) is 0 Å². The Morgan fingerprint density at radius 3 is 2.42 bits per heavy atom. The van der Waals surface area contributed by atoms with Gasteiger partial charge in [-0.3, -0.25) is 0 Å². The van der Waals surface area contributed by atoms with E-state index in [0.717, 1.165) is 0 Å². The van der Waals surface area contributed by atoms with Gasteiger partial charge in [-0.1, -0.05) is 24.8 Å². The van der Waals surface area contributed by atoms with Gasteiger partial charge in [-0.25, -0.2) is 0 Å². The van der Waals surface area contributed by atoms with Gasteiger partial charge in [-0.15, -0.1) is 0 Å². The standard InChI is InChI=1S/C11H15N/c1-5-10-6-7-11(12(3)4)9(2)8-10/h5-8H,1H2,2-4H3. The minimum Gasteiger partial charge on any atom is -0.377 e. The highest BCUT2D eigenvalue weighted by atomic mass is 15.1. The number of nitrogens with zero attached hydrogens (tertiary/aromatic N) is 1. The van der Waals surface area contributed by atoms with Gasteiger partial charge in [-0.05, 0) is 24.1 Å². The molecule has 0 bridgehead atoms. The van der Waals surface area contributed by atoms with Crippen LogP contribution in [0.15, 0.2) is 24.8 Å². The van der Waals surface area contributed by atoms with Crippen LogP contribution in [0.5, 0.6) is 0 Å². The smallest absolute Gasteiger partial charge is 0.0391 e. The number of benzene rings is 1. The van der Waals surface area contributed by atoms with Gasteiger partial charge < -0.3 is 4.90 Å². The summed E-state index contributed by atoms with van der Waals surface area (Å²) in [4.78, 5) is 2.11. The number of hydrogen-bond acceptors (Lipinski definition) is 1. The second-order valence-electron chi connectivity index (χ2n) is 3.14. The van der Waals surface area contributed by atoms with Crippen LogP contribution in [-0.4, -0.2) is 14.1 Å². The van der Waals surface area contributed by atoms with Gasteiger partial charge in [-0.2, -0.15) is 0 Å². The van der Waals surface area contributed by atoms with Crippen molar-refractivity contribution < 1.29 is 0 Å². The molecule has 0 aliphatic carbocycles. The molecule has 0 saturated carbocycles. The van der Waals surface area contributed by atoms with Gasteiger partial charge in [0.1, 0.15) is 0 Å². The van der Waals surface area contributed by atoms with E-state index in [1.54, 1.807) is 0 Å². The molecule has 0 aliphatic rings. The first-order chi connectivity index (χ1) is 5.65. The molecule has 0 spiro atoms. The Labute approximate surface area is 74.3 Å². The molecule has 1 aromatic rings. The average molecular weight is 161 g/mol. The van der Waals surface area contributed by atoms with E-state index in [1.807, 2.05) is 6.08 Å². The molecule has 1 rings (SSSR count). The molecule has 1 nitrogen and oxygen atoms in total. The number of rotatable bonds is 2. The van der Waals surface area contributed by atoms with Crippen LogP contribution >= 0.6 is 0 Å². The maximum Gasteiger partial charge on any atom is 0.0391 e. The lowest BCUT2D eigenvalue weighted by molar-refractivity contribution is 1.11. The Balaban J connectivity index is 3.11. The van der Waals surface area contributed by atoms with Crippen molar-refractivity contribution >= 4 is 11.8 Å². The number of hydrogen-bond donors (Lipinski definition) is 0. The molecule has 12 heavy (non-hydrogen) atoms. The van der Waals surface area contributed by atoms with E-state index in [0.29, 0.717) is 0 Å². The molecule has 0 radical (unpaired) electrons. The van der Waals surface area contributed by atoms with E-state index in [2.05, 4.69) is 50.7 Å². The quantitative estimate of drug-likeness (QED) is 0.644. The van der Waals surface area contributed by atoms with Crippen molar-refractivity contribution in [3.8, 4) is 0 Å². The molecule has 0 unspecified atom stereocenters. The van der Waals surface area contributed by atoms with Gasteiger partial charge in [0, 0.05) is 19.8 Å². The molecular formula is C11H15N. The predicted molar refractivity (Wildman–Crippen MR) is 55.6 cm³/mol. The minimum absolute atomic E-state index is 1.18. The first kappa shape index (κ1) is 8.85. The lowest BCUT2D eigenvalue weighted by atomic mass is 10.1. The van der Waals surface area contributed by atoms with Crippen molar-refractivity contribution in [1.82, 2.24) is 0 Å². The first-order valence-corrected chi connectivity index (χ1v) is 4.05. The predicted octanol–water partition coefficient (Wildman–Crippen LogP) is 2.70. The van der Waals surface area contributed by atoms with E-state index < -0.39 is 0 Å². The third-order valence-electron chi connectivity index (χ3n) is 1.94. The highest BCUT2D eigenvalue weighted by Gasteiger charge is 1.99. The Morgan fingerprint density at radius 2 is 2.00 bits per heavy atom. The summed E-state index contributed by atoms with van der Waals surface area (Å²) >= 11 is 0. The topological polar surface area (TPSA) is 3.24 Å². The van der Waals surface area contributed by atoms with Crippen molar-refractivity contribution in [2.24, 2.45) is 0 Å². The average Bonchev–Trinajstić information content (AvgIpc) is 2.03. The Morgan fingerprint density at radius 1 is 1.33 bits per heavy atom. The Kier molecular flexibility index (Phi) is 2.54. The highest BCUT2D eigenvalue weighted by Crippen LogP contribution is 2.19. The number of aryl methyl sites for hydroxylation is 1. The summed E-state index contributed by atoms with van der Waals surface area (Å²) in [6.45, 7) is 5.85. The third-order valence-corrected chi connectivity index (χ3v) is 1.94. The van der Waals surface area contributed by atoms with Gasteiger partial charge in [0.15, 0.2) is 0 Å². The van der Waals surface area contributed by atoms with Crippen LogP contribution in [0.2, 0.25) is 0 Å². The molecule has 1 heteroatoms. The van der Waals surface area contributed by atoms with Crippen LogP contribution in [0.3, 0.4) is 0 Å². The fourth-order valence-corrected chi connectivity index (χ4v) is 1.31. The Bertz CT molecular complexity index is 287. The molecule has 1 aromatic carbocycles. The summed E-state index contributed by atoms with van der Waals surface area (Å²) in [5.41, 5.74) is 3.73. The van der Waals surface area contributed by atoms with Crippen LogP contribution in [0.1, 0.15) is 11.1 Å². The monoisotopic (exact) mass is 161 g/mol. The maximum atomic E-state index is 3.73. The lowest BCUT2D eigenvalue weighted by Crippen LogP contribution is -2.09. The van der Waals surface area contributed by atoms with E-state index in [9.17, 15) is 0 Å². The van der Waals surface area contributed by atoms with Crippen LogP contribution in [0.4, 0.5) is 5.69 Å². The Hall–Kier alpha value is -1.24. The first-order valence-electron chi connectivity index (χ1n) is 4.05. The highest BCUT2D eigenvalue weighted by molar-refractivity contribution is 5.59. The normalized spacial score (nSPS) is 9.58. The molecule has 0 aromatic heterocycles. The fourth-order valence-electron chi connectivity index (χ4n) is 1.31. The summed E-state index contributed by atoms with van der Waals surface area (Å²) < 4.78 is 0. The zero-order valence-electron chi connectivity index (χ0n) is 7.96. The molecule has 0 aliphatic heterocycles. The second kappa shape index (κ2) is 3.44. The van der Waals surface area contributed by atoms with Crippen LogP contribution < -0.4 is 4.90 Å². The second-order valence-corrected chi connectivity index (χ2v) is 3.14. The van der Waals surface area contributed by atoms with Crippen molar-refractivity contribution in [1.29, 1.82) is 0 Å². The molecule has 0 fully saturated rings. The lowest BCUT2D eigenvalue weighted by Gasteiger charge is -2.15. The van der Waals surface area contributed by atoms with E-state index in [1.165, 1.54) is 16.8 Å². The third kappa shape index (κ3) is 1.67. The summed E-state index contributed by atoms with van der Waals surface area (Å²) in [6, 6.07) is 6.34. The molecular weight excluding hydrogens is 146 g/mol. The molecule has 0 amide bonds. The van der Waals surface area contributed by atoms with Crippen LogP contribution in [0.25, 0.3) is 6.08 Å². The SMILES string of the molecule is C=Cc1ccc(N(C)C)c(C)c1. The van der Waals surface area contributed by atoms with Gasteiger partial charge in [0.05, 0.1) is 0 Å². The van der Waals surface area contributed by atoms with Crippen molar-refractivity contribution in [3.63, 3.8) is 0 Å². The number of anilines is 1. The van der Waals surface area contributed by atoms with Crippen LogP contribution in [0, 0.1) is 6.92 Å². The molecule has 0 saturated heterocycles. The molecule has 64 valence electrons. The van der Waals surface area contributed by atoms with E-state index in [-0.39, 0.29) is 0 Å². The van der Waals surface area contributed by atoms with E-state index >= 15 is 0 Å². The van der Waals surface area contributed by atoms with Crippen molar-refractivity contribution in [2.75, 3.05) is 19.0 Å². The summed E-state index contributed by atoms with van der Waals surface area (Å²) in [5, 5.41) is 0. The summed E-state index contributed by atoms with van der Waals surface area (Å²) in [5.74, 6) is 0. The molecule has 0 atom stereocenters. The molecule has 0 N–H and O–H groups in total. The maximum absolute atomic E-state index is 3.73. The zero-order chi connectivity index (χ0) is 9.14.